The minimum absolute atomic E-state index is 0.104. The van der Waals surface area contributed by atoms with E-state index in [2.05, 4.69) is 15.9 Å². The molecule has 0 aliphatic carbocycles. The molecule has 2 nitrogen and oxygen atoms in total. The fraction of sp³-hybridized carbons (Fsp3) is 0.154. The second-order valence-corrected chi connectivity index (χ2v) is 5.38. The number of ketones is 1. The predicted octanol–water partition coefficient (Wildman–Crippen LogP) is 3.94. The molecule has 0 saturated carbocycles. The summed E-state index contributed by atoms with van der Waals surface area (Å²) in [5.41, 5.74) is 0.685. The van der Waals surface area contributed by atoms with E-state index < -0.39 is 0 Å². The zero-order valence-electron chi connectivity index (χ0n) is 9.27. The zero-order chi connectivity index (χ0) is 12.3. The summed E-state index contributed by atoms with van der Waals surface area (Å²) in [7, 11) is 1.60. The number of halogens is 1. The lowest BCUT2D eigenvalue weighted by Gasteiger charge is -2.03. The van der Waals surface area contributed by atoms with Crippen molar-refractivity contribution in [2.45, 2.75) is 6.42 Å². The smallest absolute Gasteiger partial charge is 0.168 e. The SMILES string of the molecule is COc1cccc(C(=O)Cc2sccc2Br)c1. The highest BCUT2D eigenvalue weighted by molar-refractivity contribution is 9.10. The van der Waals surface area contributed by atoms with Crippen LogP contribution in [0.4, 0.5) is 0 Å². The van der Waals surface area contributed by atoms with E-state index in [0.717, 1.165) is 9.35 Å². The van der Waals surface area contributed by atoms with E-state index in [1.54, 1.807) is 24.5 Å². The topological polar surface area (TPSA) is 26.3 Å². The number of hydrogen-bond donors (Lipinski definition) is 0. The molecule has 0 aliphatic rings. The summed E-state index contributed by atoms with van der Waals surface area (Å²) in [4.78, 5) is 13.1. The van der Waals surface area contributed by atoms with Gasteiger partial charge in [0.2, 0.25) is 0 Å². The van der Waals surface area contributed by atoms with E-state index >= 15 is 0 Å². The summed E-state index contributed by atoms with van der Waals surface area (Å²) in [6.45, 7) is 0. The van der Waals surface area contributed by atoms with E-state index in [-0.39, 0.29) is 5.78 Å². The Bertz CT molecular complexity index is 534. The molecule has 1 heterocycles. The van der Waals surface area contributed by atoms with Crippen molar-refractivity contribution in [1.82, 2.24) is 0 Å². The average molecular weight is 311 g/mol. The maximum atomic E-state index is 12.1. The van der Waals surface area contributed by atoms with Crippen molar-refractivity contribution < 1.29 is 9.53 Å². The number of methoxy groups -OCH3 is 1. The number of carbonyl (C=O) groups is 1. The second kappa shape index (κ2) is 5.47. The van der Waals surface area contributed by atoms with Gasteiger partial charge in [0.1, 0.15) is 5.75 Å². The largest absolute Gasteiger partial charge is 0.497 e. The Balaban J connectivity index is 2.17. The number of benzene rings is 1. The van der Waals surface area contributed by atoms with E-state index in [1.807, 2.05) is 29.6 Å². The molecule has 2 aromatic rings. The first-order valence-electron chi connectivity index (χ1n) is 5.10. The van der Waals surface area contributed by atoms with E-state index in [9.17, 15) is 4.79 Å². The van der Waals surface area contributed by atoms with Gasteiger partial charge in [0.05, 0.1) is 7.11 Å². The maximum Gasteiger partial charge on any atom is 0.168 e. The molecular formula is C13H11BrO2S. The van der Waals surface area contributed by atoms with Crippen LogP contribution in [0, 0.1) is 0 Å². The summed E-state index contributed by atoms with van der Waals surface area (Å²) in [5, 5.41) is 1.97. The molecule has 88 valence electrons. The van der Waals surface area contributed by atoms with Crippen LogP contribution in [0.5, 0.6) is 5.75 Å². The summed E-state index contributed by atoms with van der Waals surface area (Å²) in [5.74, 6) is 0.813. The van der Waals surface area contributed by atoms with E-state index in [4.69, 9.17) is 4.74 Å². The molecule has 0 fully saturated rings. The van der Waals surface area contributed by atoms with Gasteiger partial charge in [0, 0.05) is 21.3 Å². The van der Waals surface area contributed by atoms with Crippen LogP contribution in [0.15, 0.2) is 40.2 Å². The Kier molecular flexibility index (Phi) is 3.97. The first kappa shape index (κ1) is 12.3. The summed E-state index contributed by atoms with van der Waals surface area (Å²) in [6.07, 6.45) is 0.422. The number of hydrogen-bond acceptors (Lipinski definition) is 3. The van der Waals surface area contributed by atoms with Gasteiger partial charge in [-0.3, -0.25) is 4.79 Å². The normalized spacial score (nSPS) is 10.2. The fourth-order valence-corrected chi connectivity index (χ4v) is 2.99. The van der Waals surface area contributed by atoms with Crippen LogP contribution < -0.4 is 4.74 Å². The highest BCUT2D eigenvalue weighted by Gasteiger charge is 2.11. The molecule has 0 atom stereocenters. The van der Waals surface area contributed by atoms with Crippen molar-refractivity contribution in [3.63, 3.8) is 0 Å². The van der Waals surface area contributed by atoms with Crippen molar-refractivity contribution in [1.29, 1.82) is 0 Å². The second-order valence-electron chi connectivity index (χ2n) is 3.52. The fourth-order valence-electron chi connectivity index (χ4n) is 1.50. The Labute approximate surface area is 112 Å². The van der Waals surface area contributed by atoms with Gasteiger partial charge in [-0.05, 0) is 39.5 Å². The molecule has 0 radical (unpaired) electrons. The lowest BCUT2D eigenvalue weighted by atomic mass is 10.1. The van der Waals surface area contributed by atoms with Crippen molar-refractivity contribution in [3.05, 3.63) is 50.6 Å². The summed E-state index contributed by atoms with van der Waals surface area (Å²) >= 11 is 5.01. The highest BCUT2D eigenvalue weighted by Crippen LogP contribution is 2.24. The number of ether oxygens (including phenoxy) is 1. The maximum absolute atomic E-state index is 12.1. The first-order valence-corrected chi connectivity index (χ1v) is 6.77. The minimum atomic E-state index is 0.104. The van der Waals surface area contributed by atoms with Crippen LogP contribution in [0.25, 0.3) is 0 Å². The summed E-state index contributed by atoms with van der Waals surface area (Å²) < 4.78 is 6.10. The number of rotatable bonds is 4. The van der Waals surface area contributed by atoms with Gasteiger partial charge in [-0.1, -0.05) is 12.1 Å². The number of Topliss-reactive ketones (excluding diaryl/α,β-unsaturated/α-hetero) is 1. The standard InChI is InChI=1S/C13H11BrO2S/c1-16-10-4-2-3-9(7-10)12(15)8-13-11(14)5-6-17-13/h2-7H,8H2,1H3. The van der Waals surface area contributed by atoms with Gasteiger partial charge in [-0.15, -0.1) is 11.3 Å². The van der Waals surface area contributed by atoms with Crippen LogP contribution in [-0.2, 0) is 6.42 Å². The third kappa shape index (κ3) is 2.96. The monoisotopic (exact) mass is 310 g/mol. The van der Waals surface area contributed by atoms with Gasteiger partial charge >= 0.3 is 0 Å². The Morgan fingerprint density at radius 2 is 2.24 bits per heavy atom. The van der Waals surface area contributed by atoms with Gasteiger partial charge in [0.15, 0.2) is 5.78 Å². The molecule has 4 heteroatoms. The van der Waals surface area contributed by atoms with Gasteiger partial charge in [0.25, 0.3) is 0 Å². The van der Waals surface area contributed by atoms with Crippen LogP contribution in [0.2, 0.25) is 0 Å². The van der Waals surface area contributed by atoms with E-state index in [0.29, 0.717) is 17.7 Å². The Morgan fingerprint density at radius 3 is 2.88 bits per heavy atom. The molecule has 0 unspecified atom stereocenters. The van der Waals surface area contributed by atoms with Crippen LogP contribution in [-0.4, -0.2) is 12.9 Å². The molecule has 1 aromatic heterocycles. The third-order valence-electron chi connectivity index (χ3n) is 2.40. The van der Waals surface area contributed by atoms with Gasteiger partial charge in [-0.2, -0.15) is 0 Å². The van der Waals surface area contributed by atoms with Crippen molar-refractivity contribution in [2.75, 3.05) is 7.11 Å². The van der Waals surface area contributed by atoms with Crippen molar-refractivity contribution >= 4 is 33.0 Å². The number of carbonyl (C=O) groups excluding carboxylic acids is 1. The molecule has 0 amide bonds. The van der Waals surface area contributed by atoms with Crippen LogP contribution in [0.1, 0.15) is 15.2 Å². The van der Waals surface area contributed by atoms with Crippen molar-refractivity contribution in [3.8, 4) is 5.75 Å². The lowest BCUT2D eigenvalue weighted by Crippen LogP contribution is -2.02. The molecule has 0 saturated heterocycles. The third-order valence-corrected chi connectivity index (χ3v) is 4.33. The molecule has 0 aliphatic heterocycles. The first-order chi connectivity index (χ1) is 8.20. The molecule has 1 aromatic carbocycles. The predicted molar refractivity (Wildman–Crippen MR) is 73.0 cm³/mol. The molecule has 0 N–H and O–H groups in total. The van der Waals surface area contributed by atoms with E-state index in [1.165, 1.54) is 0 Å². The molecule has 17 heavy (non-hydrogen) atoms. The minimum Gasteiger partial charge on any atom is -0.497 e. The Morgan fingerprint density at radius 1 is 1.41 bits per heavy atom. The van der Waals surface area contributed by atoms with Crippen LogP contribution in [0.3, 0.4) is 0 Å². The molecule has 0 spiro atoms. The molecule has 0 bridgehead atoms. The summed E-state index contributed by atoms with van der Waals surface area (Å²) in [6, 6.07) is 9.20. The quantitative estimate of drug-likeness (QED) is 0.799. The average Bonchev–Trinajstić information content (AvgIpc) is 2.75. The highest BCUT2D eigenvalue weighted by atomic mass is 79.9. The van der Waals surface area contributed by atoms with Crippen LogP contribution >= 0.6 is 27.3 Å². The van der Waals surface area contributed by atoms with Gasteiger partial charge < -0.3 is 4.74 Å². The molecule has 2 rings (SSSR count). The zero-order valence-corrected chi connectivity index (χ0v) is 11.7. The molecular weight excluding hydrogens is 300 g/mol. The Hall–Kier alpha value is -1.13. The van der Waals surface area contributed by atoms with Crippen molar-refractivity contribution in [2.24, 2.45) is 0 Å². The van der Waals surface area contributed by atoms with Gasteiger partial charge in [-0.25, -0.2) is 0 Å². The lowest BCUT2D eigenvalue weighted by molar-refractivity contribution is 0.0993. The number of thiophene rings is 1.